The number of hydrogen-bond acceptors (Lipinski definition) is 17. The number of allylic oxidation sites excluding steroid dienone is 8. The third-order valence-corrected chi connectivity index (χ3v) is 15.5. The second-order valence-corrected chi connectivity index (χ2v) is 23.3. The van der Waals surface area contributed by atoms with E-state index >= 15 is 0 Å². The van der Waals surface area contributed by atoms with Crippen LogP contribution >= 0.6 is 43.6 Å². The van der Waals surface area contributed by atoms with Crippen molar-refractivity contribution in [1.82, 2.24) is 10.2 Å². The van der Waals surface area contributed by atoms with Crippen LogP contribution in [0, 0.1) is 45.4 Å². The van der Waals surface area contributed by atoms with Crippen molar-refractivity contribution in [3.05, 3.63) is 72.4 Å². The average Bonchev–Trinajstić information content (AvgIpc) is 3.20. The van der Waals surface area contributed by atoms with Gasteiger partial charge in [0.25, 0.3) is 0 Å². The predicted molar refractivity (Wildman–Crippen MR) is 346 cm³/mol. The zero-order valence-electron chi connectivity index (χ0n) is 56.5. The summed E-state index contributed by atoms with van der Waals surface area (Å²) in [5, 5.41) is 22.1. The van der Waals surface area contributed by atoms with Gasteiger partial charge in [-0.1, -0.05) is 103 Å². The van der Waals surface area contributed by atoms with E-state index in [1.807, 2.05) is 20.8 Å². The molecule has 0 bridgehead atoms. The van der Waals surface area contributed by atoms with E-state index in [2.05, 4.69) is 146 Å². The van der Waals surface area contributed by atoms with Crippen molar-refractivity contribution < 1.29 is 96.8 Å². The van der Waals surface area contributed by atoms with Gasteiger partial charge in [0.15, 0.2) is 0 Å². The minimum Gasteiger partial charge on any atom is -0.550 e. The van der Waals surface area contributed by atoms with Crippen LogP contribution in [0.1, 0.15) is 145 Å². The summed E-state index contributed by atoms with van der Waals surface area (Å²) in [6.07, 6.45) is 1.66. The number of nitrogens with two attached hydrogens (primary N) is 2. The Bertz CT molecular complexity index is 1850. The molecule has 1 amide bonds. The molecule has 1 aromatic carbocycles. The summed E-state index contributed by atoms with van der Waals surface area (Å²) in [5.74, 6) is -2.17. The molecule has 3 rings (SSSR count). The third kappa shape index (κ3) is 44.4. The van der Waals surface area contributed by atoms with Crippen molar-refractivity contribution >= 4 is 61.7 Å². The summed E-state index contributed by atoms with van der Waals surface area (Å²) in [4.78, 5) is 31.5. The van der Waals surface area contributed by atoms with Gasteiger partial charge in [-0.15, -0.1) is 0 Å². The molecule has 22 heteroatoms. The van der Waals surface area contributed by atoms with E-state index < -0.39 is 23.6 Å². The quantitative estimate of drug-likeness (QED) is 0.0193. The van der Waals surface area contributed by atoms with Gasteiger partial charge in [-0.05, 0) is 137 Å². The molecule has 0 atom stereocenters. The number of rotatable bonds is 32. The summed E-state index contributed by atoms with van der Waals surface area (Å²) >= 11 is 11.7. The van der Waals surface area contributed by atoms with Crippen LogP contribution in [0.3, 0.4) is 0 Å². The maximum absolute atomic E-state index is 11.2. The largest absolute Gasteiger partial charge is 1.00 e. The van der Waals surface area contributed by atoms with Gasteiger partial charge in [-0.2, -0.15) is 27.8 Å². The Kier molecular flexibility index (Phi) is 59.8. The fraction of sp³-hybridized carbons (Fsp3) is 0.746. The summed E-state index contributed by atoms with van der Waals surface area (Å²) < 4.78 is 47.7. The van der Waals surface area contributed by atoms with Gasteiger partial charge in [0.2, 0.25) is 0 Å². The van der Waals surface area contributed by atoms with Crippen LogP contribution in [0.4, 0.5) is 4.79 Å². The topological polar surface area (TPSA) is 256 Å². The molecular weight excluding hydrogens is 1250 g/mol. The van der Waals surface area contributed by atoms with Crippen LogP contribution < -0.4 is 61.4 Å². The van der Waals surface area contributed by atoms with E-state index in [0.29, 0.717) is 112 Å². The monoisotopic (exact) mass is 1370 g/mol. The van der Waals surface area contributed by atoms with Gasteiger partial charge < -0.3 is 79.2 Å². The van der Waals surface area contributed by atoms with Crippen molar-refractivity contribution in [2.24, 2.45) is 22.3 Å². The summed E-state index contributed by atoms with van der Waals surface area (Å²) in [6, 6.07) is 0. The molecule has 0 unspecified atom stereocenters. The van der Waals surface area contributed by atoms with Gasteiger partial charge >= 0.3 is 35.7 Å². The first kappa shape index (κ1) is 92.1. The SMILES string of the molecule is CC(=O)[O-].CC(=O)[O-].CC(C)(C)OC(=O)NCCOCCOCCBr.CC1=C(C)C(C)(CCOCCOCCN)C(C)=C1C.CC1=C(C)C(C)(CCOCCOCCN)C(C)=C1C.Cc1c(C)c(C)[c-](C)c1C.ClNCCOCCOCCBr.[Na+]. The maximum atomic E-state index is 11.2. The molecule has 6 N–H and O–H groups in total. The first-order valence-corrected chi connectivity index (χ1v) is 31.6. The molecular formula is C63H114Br2ClN4NaO14-2. The van der Waals surface area contributed by atoms with Crippen molar-refractivity contribution in [2.75, 3.05) is 143 Å². The number of ether oxygens (including phenoxy) is 9. The molecule has 0 aromatic heterocycles. The number of carbonyl (C=O) groups excluding carboxylic acids is 3. The molecule has 0 saturated carbocycles. The second kappa shape index (κ2) is 55.2. The summed E-state index contributed by atoms with van der Waals surface area (Å²) in [6.45, 7) is 53.4. The molecule has 1 aromatic rings. The number of halogens is 3. The van der Waals surface area contributed by atoms with Crippen molar-refractivity contribution in [1.29, 1.82) is 0 Å². The Morgan fingerprint density at radius 3 is 1.00 bits per heavy atom. The van der Waals surface area contributed by atoms with E-state index in [1.165, 1.54) is 72.4 Å². The number of carbonyl (C=O) groups is 3. The van der Waals surface area contributed by atoms with Gasteiger partial charge in [-0.25, -0.2) is 9.63 Å². The Balaban J connectivity index is -0.000000308. The first-order chi connectivity index (χ1) is 39.3. The molecule has 0 aliphatic heterocycles. The molecule has 0 radical (unpaired) electrons. The number of alkyl halides is 2. The molecule has 0 heterocycles. The number of nitrogens with one attached hydrogen (secondary N) is 2. The summed E-state index contributed by atoms with van der Waals surface area (Å²) in [7, 11) is 0. The standard InChI is InChI=1S/2C16H29NO2.C11H22BrNO4.C10H15.C6H13BrClNO2.2C2H4O2.Na/c2*1-12-13(2)15(4)16(5,14(12)3)6-8-18-10-11-19-9-7-17;1-11(2,3)17-10(14)13-5-7-16-9-8-15-6-4-12;1-6-7(2)9(4)10(5)8(6)3;7-1-3-10-5-6-11-4-2-9-8;2*1-2(3)4;/h2*6-11,17H2,1-5H3;4-9H2,1-3H3,(H,13,14);1-5H3;9H,1-6H2;2*1H3,(H,3,4);/q;;;-1;;;;+1/p-2. The van der Waals surface area contributed by atoms with Gasteiger partial charge in [0.1, 0.15) is 5.60 Å². The van der Waals surface area contributed by atoms with E-state index in [0.717, 1.165) is 57.2 Å². The number of amides is 1. The molecule has 2 aliphatic carbocycles. The fourth-order valence-electron chi connectivity index (χ4n) is 8.27. The number of carboxylic acids is 2. The predicted octanol–water partition coefficient (Wildman–Crippen LogP) is 6.68. The Morgan fingerprint density at radius 1 is 0.506 bits per heavy atom. The Hall–Kier alpha value is -1.67. The molecule has 494 valence electrons. The van der Waals surface area contributed by atoms with Crippen molar-refractivity contribution in [3.63, 3.8) is 0 Å². The second-order valence-electron chi connectivity index (χ2n) is 21.4. The third-order valence-electron chi connectivity index (χ3n) is 14.7. The Morgan fingerprint density at radius 2 is 0.765 bits per heavy atom. The zero-order valence-corrected chi connectivity index (χ0v) is 62.4. The van der Waals surface area contributed by atoms with Crippen LogP contribution in [0.2, 0.25) is 0 Å². The van der Waals surface area contributed by atoms with E-state index in [1.54, 1.807) is 0 Å². The van der Waals surface area contributed by atoms with Crippen LogP contribution in [0.25, 0.3) is 0 Å². The number of aliphatic carboxylic acids is 2. The summed E-state index contributed by atoms with van der Waals surface area (Å²) in [5.41, 5.74) is 29.7. The number of hydrogen-bond donors (Lipinski definition) is 4. The van der Waals surface area contributed by atoms with E-state index in [4.69, 9.17) is 85.7 Å². The minimum atomic E-state index is -1.08. The fourth-order valence-corrected chi connectivity index (χ4v) is 8.80. The van der Waals surface area contributed by atoms with Crippen molar-refractivity contribution in [3.8, 4) is 0 Å². The molecule has 18 nitrogen and oxygen atoms in total. The van der Waals surface area contributed by atoms with Crippen LogP contribution in [-0.2, 0) is 52.2 Å². The normalized spacial score (nSPS) is 13.8. The average molecular weight is 1370 g/mol. The van der Waals surface area contributed by atoms with Gasteiger partial charge in [0.05, 0.1) is 92.5 Å². The molecule has 0 fully saturated rings. The smallest absolute Gasteiger partial charge is 0.550 e. The minimum absolute atomic E-state index is 0. The molecule has 2 aliphatic rings. The number of carboxylic acid groups (broad SMARTS) is 2. The maximum Gasteiger partial charge on any atom is 1.00 e. The Labute approximate surface area is 558 Å². The van der Waals surface area contributed by atoms with Crippen LogP contribution in [-0.4, -0.2) is 166 Å². The van der Waals surface area contributed by atoms with E-state index in [9.17, 15) is 4.79 Å². The first-order valence-electron chi connectivity index (χ1n) is 29.0. The molecule has 85 heavy (non-hydrogen) atoms. The van der Waals surface area contributed by atoms with Crippen LogP contribution in [0.15, 0.2) is 44.6 Å². The van der Waals surface area contributed by atoms with Crippen molar-refractivity contribution in [2.45, 2.75) is 157 Å². The number of alkyl carbamates (subject to hydrolysis) is 1. The van der Waals surface area contributed by atoms with Gasteiger partial charge in [-0.3, -0.25) is 0 Å². The van der Waals surface area contributed by atoms with E-state index in [-0.39, 0.29) is 40.4 Å². The molecule has 0 spiro atoms. The zero-order chi connectivity index (χ0) is 65.5. The molecule has 0 saturated heterocycles. The van der Waals surface area contributed by atoms with Crippen LogP contribution in [0.5, 0.6) is 0 Å². The van der Waals surface area contributed by atoms with Gasteiger partial charge in [0, 0.05) is 72.8 Å².